The first-order valence-corrected chi connectivity index (χ1v) is 9.03. The molecule has 2 N–H and O–H groups in total. The highest BCUT2D eigenvalue weighted by Gasteiger charge is 2.12. The first-order chi connectivity index (χ1) is 12.4. The zero-order valence-corrected chi connectivity index (χ0v) is 16.2. The van der Waals surface area contributed by atoms with Gasteiger partial charge in [0.05, 0.1) is 11.3 Å². The maximum atomic E-state index is 12.3. The molecule has 0 heterocycles. The molecule has 0 bridgehead atoms. The first kappa shape index (κ1) is 18.1. The summed E-state index contributed by atoms with van der Waals surface area (Å²) in [4.78, 5) is 23.7. The van der Waals surface area contributed by atoms with E-state index in [0.29, 0.717) is 0 Å². The second kappa shape index (κ2) is 7.70. The number of fused-ring (bicyclic) bond motifs is 1. The molecule has 3 rings (SSSR count). The molecule has 0 aliphatic rings. The Balaban J connectivity index is 1.85. The van der Waals surface area contributed by atoms with Crippen molar-refractivity contribution in [1.82, 2.24) is 0 Å². The number of carbonyl (C=O) groups excluding carboxylic acids is 1. The van der Waals surface area contributed by atoms with Gasteiger partial charge in [-0.2, -0.15) is 0 Å². The molecule has 0 radical (unpaired) electrons. The molecule has 0 unspecified atom stereocenters. The van der Waals surface area contributed by atoms with E-state index in [1.54, 1.807) is 12.1 Å². The van der Waals surface area contributed by atoms with E-state index in [-0.39, 0.29) is 17.2 Å². The largest absolute Gasteiger partial charge is 0.478 e. The molecule has 0 fully saturated rings. The van der Waals surface area contributed by atoms with Gasteiger partial charge in [0.15, 0.2) is 0 Å². The van der Waals surface area contributed by atoms with Crippen molar-refractivity contribution in [1.29, 1.82) is 0 Å². The topological polar surface area (TPSA) is 66.4 Å². The van der Waals surface area contributed by atoms with Crippen LogP contribution in [0.3, 0.4) is 0 Å². The fraction of sp³-hybridized carbons (Fsp3) is 0.0476. The standard InChI is InChI=1S/C21H16INO3/c1-13(15-7-6-14-4-2-3-5-16(14)11-15)10-20(24)23-19-9-8-17(22)12-18(19)21(25)26/h2-12H,1H3,(H,23,24)(H,25,26)/b13-10-. The lowest BCUT2D eigenvalue weighted by atomic mass is 10.0. The number of hydrogen-bond donors (Lipinski definition) is 2. The van der Waals surface area contributed by atoms with Crippen LogP contribution in [0.2, 0.25) is 0 Å². The van der Waals surface area contributed by atoms with E-state index in [0.717, 1.165) is 25.5 Å². The molecule has 0 aliphatic carbocycles. The van der Waals surface area contributed by atoms with Gasteiger partial charge in [-0.3, -0.25) is 4.79 Å². The second-order valence-electron chi connectivity index (χ2n) is 5.87. The van der Waals surface area contributed by atoms with Crippen molar-refractivity contribution in [3.05, 3.63) is 81.4 Å². The number of rotatable bonds is 4. The number of benzene rings is 3. The van der Waals surface area contributed by atoms with Gasteiger partial charge < -0.3 is 10.4 Å². The van der Waals surface area contributed by atoms with Crippen molar-refractivity contribution in [2.24, 2.45) is 0 Å². The van der Waals surface area contributed by atoms with Crippen molar-refractivity contribution in [2.75, 3.05) is 5.32 Å². The van der Waals surface area contributed by atoms with Crippen molar-refractivity contribution in [3.63, 3.8) is 0 Å². The number of hydrogen-bond acceptors (Lipinski definition) is 2. The Morgan fingerprint density at radius 2 is 1.73 bits per heavy atom. The van der Waals surface area contributed by atoms with E-state index >= 15 is 0 Å². The van der Waals surface area contributed by atoms with Crippen molar-refractivity contribution in [3.8, 4) is 0 Å². The zero-order chi connectivity index (χ0) is 18.7. The lowest BCUT2D eigenvalue weighted by molar-refractivity contribution is -0.111. The van der Waals surface area contributed by atoms with Crippen LogP contribution in [-0.2, 0) is 4.79 Å². The second-order valence-corrected chi connectivity index (χ2v) is 7.12. The molecule has 26 heavy (non-hydrogen) atoms. The summed E-state index contributed by atoms with van der Waals surface area (Å²) in [5.41, 5.74) is 2.10. The van der Waals surface area contributed by atoms with Crippen LogP contribution in [0.5, 0.6) is 0 Å². The molecular formula is C21H16INO3. The number of anilines is 1. The average molecular weight is 457 g/mol. The van der Waals surface area contributed by atoms with Gasteiger partial charge in [0, 0.05) is 9.65 Å². The third kappa shape index (κ3) is 4.11. The van der Waals surface area contributed by atoms with E-state index in [1.807, 2.05) is 72.0 Å². The van der Waals surface area contributed by atoms with Crippen molar-refractivity contribution >= 4 is 56.5 Å². The minimum Gasteiger partial charge on any atom is -0.478 e. The minimum atomic E-state index is -1.07. The molecule has 5 heteroatoms. The zero-order valence-electron chi connectivity index (χ0n) is 14.0. The molecule has 4 nitrogen and oxygen atoms in total. The van der Waals surface area contributed by atoms with Crippen LogP contribution < -0.4 is 5.32 Å². The van der Waals surface area contributed by atoms with Gasteiger partial charge in [-0.1, -0.05) is 36.4 Å². The highest BCUT2D eigenvalue weighted by molar-refractivity contribution is 14.1. The third-order valence-electron chi connectivity index (χ3n) is 4.02. The summed E-state index contributed by atoms with van der Waals surface area (Å²) < 4.78 is 0.792. The molecule has 0 saturated carbocycles. The van der Waals surface area contributed by atoms with E-state index in [9.17, 15) is 14.7 Å². The van der Waals surface area contributed by atoms with Gasteiger partial charge in [0.25, 0.3) is 0 Å². The van der Waals surface area contributed by atoms with Gasteiger partial charge in [-0.05, 0) is 75.7 Å². The predicted molar refractivity (Wildman–Crippen MR) is 112 cm³/mol. The number of carboxylic acids is 1. The summed E-state index contributed by atoms with van der Waals surface area (Å²) in [7, 11) is 0. The van der Waals surface area contributed by atoms with E-state index in [1.165, 1.54) is 12.1 Å². The van der Waals surface area contributed by atoms with Crippen LogP contribution in [0.15, 0.2) is 66.7 Å². The molecule has 3 aromatic carbocycles. The SMILES string of the molecule is C/C(=C/C(=O)Nc1ccc(I)cc1C(=O)O)c1ccc2ccccc2c1. The summed E-state index contributed by atoms with van der Waals surface area (Å²) >= 11 is 2.04. The van der Waals surface area contributed by atoms with Gasteiger partial charge in [-0.15, -0.1) is 0 Å². The molecule has 0 atom stereocenters. The summed E-state index contributed by atoms with van der Waals surface area (Å²) in [6, 6.07) is 18.9. The quantitative estimate of drug-likeness (QED) is 0.419. The molecule has 0 saturated heterocycles. The van der Waals surface area contributed by atoms with Crippen molar-refractivity contribution in [2.45, 2.75) is 6.92 Å². The first-order valence-electron chi connectivity index (χ1n) is 7.95. The maximum absolute atomic E-state index is 12.3. The Labute approximate surface area is 164 Å². The lowest BCUT2D eigenvalue weighted by Gasteiger charge is -2.08. The molecule has 0 aromatic heterocycles. The van der Waals surface area contributed by atoms with E-state index in [2.05, 4.69) is 5.32 Å². The lowest BCUT2D eigenvalue weighted by Crippen LogP contribution is -2.12. The molecule has 1 amide bonds. The van der Waals surface area contributed by atoms with Gasteiger partial charge in [0.2, 0.25) is 5.91 Å². The fourth-order valence-electron chi connectivity index (χ4n) is 2.69. The average Bonchev–Trinajstić information content (AvgIpc) is 2.62. The van der Waals surface area contributed by atoms with E-state index in [4.69, 9.17) is 0 Å². The smallest absolute Gasteiger partial charge is 0.337 e. The Kier molecular flexibility index (Phi) is 5.37. The van der Waals surface area contributed by atoms with Crippen LogP contribution in [0.1, 0.15) is 22.8 Å². The molecule has 0 spiro atoms. The Morgan fingerprint density at radius 1 is 1.00 bits per heavy atom. The molecular weight excluding hydrogens is 441 g/mol. The number of aromatic carboxylic acids is 1. The van der Waals surface area contributed by atoms with Gasteiger partial charge in [-0.25, -0.2) is 4.79 Å². The normalized spacial score (nSPS) is 11.4. The van der Waals surface area contributed by atoms with Crippen LogP contribution in [0.4, 0.5) is 5.69 Å². The highest BCUT2D eigenvalue weighted by Crippen LogP contribution is 2.22. The minimum absolute atomic E-state index is 0.0713. The molecule has 130 valence electrons. The number of amides is 1. The Bertz CT molecular complexity index is 1040. The number of carboxylic acid groups (broad SMARTS) is 1. The summed E-state index contributed by atoms with van der Waals surface area (Å²) in [5, 5.41) is 14.2. The third-order valence-corrected chi connectivity index (χ3v) is 4.69. The van der Waals surface area contributed by atoms with E-state index < -0.39 is 5.97 Å². The van der Waals surface area contributed by atoms with Crippen LogP contribution in [0.25, 0.3) is 16.3 Å². The Hall–Kier alpha value is -2.67. The number of nitrogens with one attached hydrogen (secondary N) is 1. The van der Waals surface area contributed by atoms with Gasteiger partial charge >= 0.3 is 5.97 Å². The number of halogens is 1. The van der Waals surface area contributed by atoms with Crippen LogP contribution in [0, 0.1) is 3.57 Å². The van der Waals surface area contributed by atoms with Gasteiger partial charge in [0.1, 0.15) is 0 Å². The molecule has 0 aliphatic heterocycles. The monoisotopic (exact) mass is 457 g/mol. The van der Waals surface area contributed by atoms with Crippen LogP contribution >= 0.6 is 22.6 Å². The fourth-order valence-corrected chi connectivity index (χ4v) is 3.18. The maximum Gasteiger partial charge on any atom is 0.337 e. The summed E-state index contributed by atoms with van der Waals surface area (Å²) in [6.07, 6.45) is 1.48. The molecule has 3 aromatic rings. The van der Waals surface area contributed by atoms with Crippen LogP contribution in [-0.4, -0.2) is 17.0 Å². The Morgan fingerprint density at radius 3 is 2.46 bits per heavy atom. The number of allylic oxidation sites excluding steroid dienone is 1. The summed E-state index contributed by atoms with van der Waals surface area (Å²) in [5.74, 6) is -1.44. The highest BCUT2D eigenvalue weighted by atomic mass is 127. The van der Waals surface area contributed by atoms with Crippen molar-refractivity contribution < 1.29 is 14.7 Å². The number of carbonyl (C=O) groups is 2. The summed E-state index contributed by atoms with van der Waals surface area (Å²) in [6.45, 7) is 1.86. The predicted octanol–water partition coefficient (Wildman–Crippen LogP) is 5.18.